The minimum Gasteiger partial charge on any atom is -0.242 e. The van der Waals surface area contributed by atoms with Gasteiger partial charge in [-0.05, 0) is 12.1 Å². The number of halogens is 6. The number of unbranched alkanes of at least 4 members (excludes halogenated alkanes) is 12. The second-order valence-corrected chi connectivity index (χ2v) is 23.4. The molecule has 0 aromatic heterocycles. The first-order valence-electron chi connectivity index (χ1n) is 11.0. The molecular formula is C20H40Cl3F3Si2. The lowest BCUT2D eigenvalue weighted by atomic mass is 10.0. The Labute approximate surface area is 187 Å². The van der Waals surface area contributed by atoms with Gasteiger partial charge in [-0.3, -0.25) is 0 Å². The van der Waals surface area contributed by atoms with Gasteiger partial charge in [-0.1, -0.05) is 103 Å². The van der Waals surface area contributed by atoms with Crippen molar-refractivity contribution in [3.8, 4) is 0 Å². The number of rotatable bonds is 19. The predicted molar refractivity (Wildman–Crippen MR) is 126 cm³/mol. The molecule has 1 atom stereocenters. The van der Waals surface area contributed by atoms with Crippen molar-refractivity contribution in [2.45, 2.75) is 127 Å². The summed E-state index contributed by atoms with van der Waals surface area (Å²) in [5.41, 5.74) is 0. The van der Waals surface area contributed by atoms with E-state index in [9.17, 15) is 13.2 Å². The van der Waals surface area contributed by atoms with E-state index in [2.05, 4.69) is 0 Å². The monoisotopic (exact) mass is 498 g/mol. The molecule has 0 spiro atoms. The second-order valence-electron chi connectivity index (χ2n) is 8.93. The van der Waals surface area contributed by atoms with E-state index < -0.39 is 26.7 Å². The fourth-order valence-corrected chi connectivity index (χ4v) is 8.09. The Morgan fingerprint density at radius 1 is 0.571 bits per heavy atom. The summed E-state index contributed by atoms with van der Waals surface area (Å²) in [5, 5.41) is 0. The summed E-state index contributed by atoms with van der Waals surface area (Å²) in [6, 6.07) is -0.564. The van der Waals surface area contributed by atoms with Crippen LogP contribution in [-0.4, -0.2) is 26.7 Å². The number of alkyl halides is 3. The van der Waals surface area contributed by atoms with E-state index in [1.54, 1.807) is 0 Å². The van der Waals surface area contributed by atoms with E-state index in [4.69, 9.17) is 33.2 Å². The molecule has 0 saturated heterocycles. The highest BCUT2D eigenvalue weighted by atomic mass is 35.8. The van der Waals surface area contributed by atoms with Crippen LogP contribution in [0.3, 0.4) is 0 Å². The van der Waals surface area contributed by atoms with Gasteiger partial charge in [-0.15, -0.1) is 33.2 Å². The second kappa shape index (κ2) is 16.7. The van der Waals surface area contributed by atoms with E-state index in [1.165, 1.54) is 64.2 Å². The largest absolute Gasteiger partial charge is 0.341 e. The summed E-state index contributed by atoms with van der Waals surface area (Å²) in [4.78, 5) is 0. The zero-order chi connectivity index (χ0) is 21.5. The lowest BCUT2D eigenvalue weighted by Gasteiger charge is -2.24. The van der Waals surface area contributed by atoms with Crippen LogP contribution in [0.2, 0.25) is 31.2 Å². The summed E-state index contributed by atoms with van der Waals surface area (Å²) < 4.78 is 37.9. The molecule has 0 aliphatic rings. The van der Waals surface area contributed by atoms with Gasteiger partial charge in [0.15, 0.2) is 6.17 Å². The minimum absolute atomic E-state index is 0.0965. The quantitative estimate of drug-likeness (QED) is 0.0941. The van der Waals surface area contributed by atoms with Crippen LogP contribution >= 0.6 is 33.2 Å². The summed E-state index contributed by atoms with van der Waals surface area (Å²) in [7, 11) is -1.81. The molecule has 170 valence electrons. The molecule has 1 unspecified atom stereocenters. The summed E-state index contributed by atoms with van der Waals surface area (Å²) in [6.07, 6.45) is 11.2. The Morgan fingerprint density at radius 3 is 1.21 bits per heavy atom. The van der Waals surface area contributed by atoms with Crippen molar-refractivity contribution in [2.75, 3.05) is 0 Å². The first-order chi connectivity index (χ1) is 13.0. The Kier molecular flexibility index (Phi) is 17.4. The Morgan fingerprint density at radius 2 is 0.893 bits per heavy atom. The molecule has 0 aliphatic carbocycles. The van der Waals surface area contributed by atoms with Gasteiger partial charge in [0.2, 0.25) is 0 Å². The number of hydrogen-bond donors (Lipinski definition) is 0. The summed E-state index contributed by atoms with van der Waals surface area (Å²) in [5.74, 6) is 0. The van der Waals surface area contributed by atoms with E-state index in [1.807, 2.05) is 13.1 Å². The van der Waals surface area contributed by atoms with Crippen LogP contribution in [0, 0.1) is 0 Å². The molecule has 0 amide bonds. The zero-order valence-electron chi connectivity index (χ0n) is 17.7. The average molecular weight is 500 g/mol. The molecule has 0 aromatic carbocycles. The highest BCUT2D eigenvalue weighted by Gasteiger charge is 2.30. The van der Waals surface area contributed by atoms with Crippen molar-refractivity contribution >= 4 is 47.3 Å². The minimum atomic E-state index is -2.82. The van der Waals surface area contributed by atoms with Crippen LogP contribution in [0.5, 0.6) is 0 Å². The fraction of sp³-hybridized carbons (Fsp3) is 1.00. The van der Waals surface area contributed by atoms with Crippen molar-refractivity contribution in [2.24, 2.45) is 0 Å². The Balaban J connectivity index is 3.34. The van der Waals surface area contributed by atoms with Crippen LogP contribution in [0.4, 0.5) is 13.2 Å². The molecule has 8 heteroatoms. The maximum Gasteiger partial charge on any atom is 0.341 e. The molecule has 0 bridgehead atoms. The number of hydrogen-bond acceptors (Lipinski definition) is 0. The van der Waals surface area contributed by atoms with Crippen LogP contribution < -0.4 is 0 Å². The van der Waals surface area contributed by atoms with Crippen molar-refractivity contribution < 1.29 is 13.2 Å². The van der Waals surface area contributed by atoms with Gasteiger partial charge in [-0.25, -0.2) is 13.2 Å². The fourth-order valence-electron chi connectivity index (χ4n) is 3.59. The molecule has 0 aliphatic heterocycles. The van der Waals surface area contributed by atoms with E-state index in [-0.39, 0.29) is 6.04 Å². The smallest absolute Gasteiger partial charge is 0.242 e. The van der Waals surface area contributed by atoms with Crippen molar-refractivity contribution in [3.63, 3.8) is 0 Å². The van der Waals surface area contributed by atoms with E-state index in [0.29, 0.717) is 0 Å². The van der Waals surface area contributed by atoms with Crippen LogP contribution in [0.15, 0.2) is 0 Å². The molecule has 0 radical (unpaired) electrons. The van der Waals surface area contributed by atoms with Gasteiger partial charge in [0.1, 0.15) is 0 Å². The Bertz CT molecular complexity index is 367. The highest BCUT2D eigenvalue weighted by Crippen LogP contribution is 2.28. The maximum atomic E-state index is 13.2. The molecule has 0 saturated carbocycles. The van der Waals surface area contributed by atoms with Crippen molar-refractivity contribution in [3.05, 3.63) is 0 Å². The van der Waals surface area contributed by atoms with Gasteiger partial charge < -0.3 is 0 Å². The first kappa shape index (κ1) is 29.1. The molecular weight excluding hydrogens is 460 g/mol. The van der Waals surface area contributed by atoms with Crippen LogP contribution in [-0.2, 0) is 0 Å². The van der Waals surface area contributed by atoms with Gasteiger partial charge in [0.25, 0.3) is 6.43 Å². The lowest BCUT2D eigenvalue weighted by molar-refractivity contribution is 0.0594. The lowest BCUT2D eigenvalue weighted by Crippen LogP contribution is -2.31. The van der Waals surface area contributed by atoms with E-state index >= 15 is 0 Å². The predicted octanol–water partition coefficient (Wildman–Crippen LogP) is 10.0. The van der Waals surface area contributed by atoms with Crippen LogP contribution in [0.1, 0.15) is 83.5 Å². The normalized spacial score (nSPS) is 14.0. The van der Waals surface area contributed by atoms with Crippen LogP contribution in [0.25, 0.3) is 0 Å². The molecule has 0 fully saturated rings. The standard InChI is InChI=1S/C20H40Cl3F3Si2/c1-27(2,18-19(24)20(25)26)16-14-12-10-8-6-4-3-5-7-9-11-13-15-17-28(21,22)23/h19-20H,3-18H2,1-2H3. The summed E-state index contributed by atoms with van der Waals surface area (Å²) in [6.45, 7) is 4.06. The molecule has 0 rings (SSSR count). The third kappa shape index (κ3) is 20.4. The third-order valence-corrected chi connectivity index (χ3v) is 11.2. The molecule has 0 aromatic rings. The highest BCUT2D eigenvalue weighted by molar-refractivity contribution is 7.64. The molecule has 0 N–H and O–H groups in total. The zero-order valence-corrected chi connectivity index (χ0v) is 22.0. The molecule has 28 heavy (non-hydrogen) atoms. The molecule has 0 nitrogen and oxygen atoms in total. The first-order valence-corrected chi connectivity index (χ1v) is 19.7. The topological polar surface area (TPSA) is 0 Å². The van der Waals surface area contributed by atoms with Gasteiger partial charge in [0, 0.05) is 0 Å². The average Bonchev–Trinajstić information content (AvgIpc) is 2.56. The van der Waals surface area contributed by atoms with E-state index in [0.717, 1.165) is 31.4 Å². The van der Waals surface area contributed by atoms with Crippen molar-refractivity contribution in [1.29, 1.82) is 0 Å². The maximum absolute atomic E-state index is 13.2. The van der Waals surface area contributed by atoms with Gasteiger partial charge >= 0.3 is 6.00 Å². The SMILES string of the molecule is C[Si](C)(CCCCCCCCCCCCCCC[Si](Cl)(Cl)Cl)CC(F)C(F)F. The third-order valence-electron chi connectivity index (χ3n) is 5.33. The Hall–Kier alpha value is 1.09. The van der Waals surface area contributed by atoms with Gasteiger partial charge in [-0.2, -0.15) is 0 Å². The molecule has 0 heterocycles. The summed E-state index contributed by atoms with van der Waals surface area (Å²) >= 11 is 17.6. The van der Waals surface area contributed by atoms with Crippen molar-refractivity contribution in [1.82, 2.24) is 0 Å². The van der Waals surface area contributed by atoms with Gasteiger partial charge in [0.05, 0.1) is 8.07 Å².